The molecule has 10 nitrogen and oxygen atoms in total. The van der Waals surface area contributed by atoms with E-state index in [-0.39, 0.29) is 19.5 Å². The predicted molar refractivity (Wildman–Crippen MR) is 78.4 cm³/mol. The first-order valence-corrected chi connectivity index (χ1v) is 7.10. The second kappa shape index (κ2) is 10.5. The number of carbonyl (C=O) groups is 2. The maximum Gasteiger partial charge on any atom is 0.308 e. The number of amides is 1. The highest BCUT2D eigenvalue weighted by Crippen LogP contribution is 2.09. The molecular formula is C13H26N2O8. The molecule has 0 fully saturated rings. The molecule has 0 heterocycles. The van der Waals surface area contributed by atoms with Gasteiger partial charge in [0, 0.05) is 26.6 Å². The van der Waals surface area contributed by atoms with E-state index < -0.39 is 48.8 Å². The lowest BCUT2D eigenvalue weighted by molar-refractivity contribution is -0.147. The summed E-state index contributed by atoms with van der Waals surface area (Å²) in [6.45, 7) is -1.08. The summed E-state index contributed by atoms with van der Waals surface area (Å²) in [4.78, 5) is 24.0. The van der Waals surface area contributed by atoms with Crippen LogP contribution < -0.4 is 5.32 Å². The van der Waals surface area contributed by atoms with Crippen molar-refractivity contribution in [3.05, 3.63) is 0 Å². The van der Waals surface area contributed by atoms with Crippen molar-refractivity contribution in [2.45, 2.75) is 30.8 Å². The maximum atomic E-state index is 11.9. The summed E-state index contributed by atoms with van der Waals surface area (Å²) in [6, 6.07) is 0. The third-order valence-corrected chi connectivity index (χ3v) is 3.43. The fourth-order valence-corrected chi connectivity index (χ4v) is 1.91. The van der Waals surface area contributed by atoms with Gasteiger partial charge in [0.1, 0.15) is 24.4 Å². The molecule has 1 unspecified atom stereocenters. The molecule has 23 heavy (non-hydrogen) atoms. The van der Waals surface area contributed by atoms with Crippen LogP contribution in [0.25, 0.3) is 0 Å². The Kier molecular flexibility index (Phi) is 9.88. The number of hydrogen-bond donors (Lipinski definition) is 7. The van der Waals surface area contributed by atoms with Gasteiger partial charge in [-0.1, -0.05) is 0 Å². The molecule has 0 saturated heterocycles. The molecule has 0 bridgehead atoms. The van der Waals surface area contributed by atoms with Crippen molar-refractivity contribution in [3.8, 4) is 0 Å². The van der Waals surface area contributed by atoms with Crippen molar-refractivity contribution in [2.24, 2.45) is 5.92 Å². The third kappa shape index (κ3) is 7.20. The molecule has 0 aromatic heterocycles. The van der Waals surface area contributed by atoms with E-state index in [2.05, 4.69) is 5.32 Å². The van der Waals surface area contributed by atoms with Crippen LogP contribution in [0.5, 0.6) is 0 Å². The number of aliphatic hydroxyl groups is 5. The van der Waals surface area contributed by atoms with E-state index in [1.807, 2.05) is 0 Å². The molecule has 1 amide bonds. The second-order valence-electron chi connectivity index (χ2n) is 5.37. The van der Waals surface area contributed by atoms with Gasteiger partial charge in [-0.3, -0.25) is 9.59 Å². The van der Waals surface area contributed by atoms with Crippen LogP contribution in [0.4, 0.5) is 0 Å². The van der Waals surface area contributed by atoms with Gasteiger partial charge in [0.25, 0.3) is 0 Å². The zero-order valence-corrected chi connectivity index (χ0v) is 13.2. The average Bonchev–Trinajstić information content (AvgIpc) is 2.51. The molecular weight excluding hydrogens is 312 g/mol. The zero-order chi connectivity index (χ0) is 18.2. The van der Waals surface area contributed by atoms with Crippen LogP contribution in [-0.2, 0) is 9.59 Å². The summed E-state index contributed by atoms with van der Waals surface area (Å²) in [5.41, 5.74) is 0. The minimum absolute atomic E-state index is 0.0987. The lowest BCUT2D eigenvalue weighted by atomic mass is 10.0. The van der Waals surface area contributed by atoms with Gasteiger partial charge in [-0.2, -0.15) is 0 Å². The molecule has 0 rings (SSSR count). The van der Waals surface area contributed by atoms with Gasteiger partial charge < -0.3 is 40.9 Å². The highest BCUT2D eigenvalue weighted by molar-refractivity contribution is 5.82. The highest BCUT2D eigenvalue weighted by atomic mass is 16.4. The van der Waals surface area contributed by atoms with Gasteiger partial charge >= 0.3 is 5.97 Å². The Labute approximate surface area is 134 Å². The van der Waals surface area contributed by atoms with Gasteiger partial charge in [-0.25, -0.2) is 0 Å². The highest BCUT2D eigenvalue weighted by Gasteiger charge is 2.32. The van der Waals surface area contributed by atoms with Crippen LogP contribution in [0.3, 0.4) is 0 Å². The molecule has 0 aliphatic rings. The maximum absolute atomic E-state index is 11.9. The van der Waals surface area contributed by atoms with Gasteiger partial charge in [-0.15, -0.1) is 0 Å². The summed E-state index contributed by atoms with van der Waals surface area (Å²) < 4.78 is 0. The third-order valence-electron chi connectivity index (χ3n) is 3.43. The Morgan fingerprint density at radius 3 is 2.04 bits per heavy atom. The molecule has 0 aromatic rings. The number of aliphatic hydroxyl groups excluding tert-OH is 5. The largest absolute Gasteiger partial charge is 0.481 e. The van der Waals surface area contributed by atoms with E-state index in [4.69, 9.17) is 10.2 Å². The Morgan fingerprint density at radius 2 is 1.61 bits per heavy atom. The number of aliphatic carboxylic acids is 1. The SMILES string of the molecule is CNCC(CC(=O)N(C)C[C@@H](O)[C@H](O)[C@@H](O)[C@@H](O)CO)C(=O)O. The fourth-order valence-electron chi connectivity index (χ4n) is 1.91. The van der Waals surface area contributed by atoms with Crippen LogP contribution in [0, 0.1) is 5.92 Å². The quantitative estimate of drug-likeness (QED) is 0.199. The molecule has 136 valence electrons. The lowest BCUT2D eigenvalue weighted by Gasteiger charge is -2.29. The summed E-state index contributed by atoms with van der Waals surface area (Å²) in [7, 11) is 2.86. The standard InChI is InChI=1S/C13H26N2O8/c1-14-4-7(13(22)23)3-10(19)15(2)5-8(17)11(20)12(21)9(18)6-16/h7-9,11-12,14,16-18,20-21H,3-6H2,1-2H3,(H,22,23)/t7?,8-,9+,11+,12+/m1/s1. The van der Waals surface area contributed by atoms with E-state index in [1.54, 1.807) is 7.05 Å². The summed E-state index contributed by atoms with van der Waals surface area (Å²) >= 11 is 0. The Bertz CT molecular complexity index is 381. The first-order chi connectivity index (χ1) is 10.6. The summed E-state index contributed by atoms with van der Waals surface area (Å²) in [6.07, 6.45) is -7.06. The Morgan fingerprint density at radius 1 is 1.09 bits per heavy atom. The van der Waals surface area contributed by atoms with Crippen molar-refractivity contribution in [3.63, 3.8) is 0 Å². The zero-order valence-electron chi connectivity index (χ0n) is 13.2. The number of carbonyl (C=O) groups excluding carboxylic acids is 1. The van der Waals surface area contributed by atoms with Crippen molar-refractivity contribution < 1.29 is 40.2 Å². The minimum Gasteiger partial charge on any atom is -0.481 e. The minimum atomic E-state index is -1.78. The molecule has 0 aliphatic heterocycles. The molecule has 0 aliphatic carbocycles. The van der Waals surface area contributed by atoms with Gasteiger partial charge in [0.05, 0.1) is 12.5 Å². The topological polar surface area (TPSA) is 171 Å². The molecule has 5 atom stereocenters. The van der Waals surface area contributed by atoms with E-state index in [9.17, 15) is 30.0 Å². The molecule has 10 heteroatoms. The molecule has 0 spiro atoms. The number of rotatable bonds is 11. The predicted octanol–water partition coefficient (Wildman–Crippen LogP) is -3.81. The fraction of sp³-hybridized carbons (Fsp3) is 0.846. The van der Waals surface area contributed by atoms with Crippen molar-refractivity contribution in [1.29, 1.82) is 0 Å². The first kappa shape index (κ1) is 21.7. The number of carboxylic acids is 1. The van der Waals surface area contributed by atoms with Crippen molar-refractivity contribution in [2.75, 3.05) is 33.8 Å². The van der Waals surface area contributed by atoms with E-state index >= 15 is 0 Å². The average molecular weight is 338 g/mol. The Hall–Kier alpha value is -1.30. The number of likely N-dealkylation sites (N-methyl/N-ethyl adjacent to an activating group) is 1. The molecule has 7 N–H and O–H groups in total. The second-order valence-corrected chi connectivity index (χ2v) is 5.37. The van der Waals surface area contributed by atoms with Crippen molar-refractivity contribution >= 4 is 11.9 Å². The first-order valence-electron chi connectivity index (χ1n) is 7.10. The lowest BCUT2D eigenvalue weighted by Crippen LogP contribution is -2.50. The molecule has 0 aromatic carbocycles. The van der Waals surface area contributed by atoms with Crippen LogP contribution in [0.2, 0.25) is 0 Å². The summed E-state index contributed by atoms with van der Waals surface area (Å²) in [5, 5.41) is 58.4. The van der Waals surface area contributed by atoms with Gasteiger partial charge in [0.15, 0.2) is 0 Å². The van der Waals surface area contributed by atoms with E-state index in [0.717, 1.165) is 4.90 Å². The smallest absolute Gasteiger partial charge is 0.308 e. The van der Waals surface area contributed by atoms with Crippen LogP contribution in [0.15, 0.2) is 0 Å². The van der Waals surface area contributed by atoms with Gasteiger partial charge in [-0.05, 0) is 7.05 Å². The Balaban J connectivity index is 4.58. The van der Waals surface area contributed by atoms with Crippen LogP contribution in [-0.4, -0.2) is 106 Å². The normalized spacial score (nSPS) is 17.9. The number of nitrogens with zero attached hydrogens (tertiary/aromatic N) is 1. The summed E-state index contributed by atoms with van der Waals surface area (Å²) in [5.74, 6) is -2.63. The molecule has 0 radical (unpaired) electrons. The van der Waals surface area contributed by atoms with Crippen molar-refractivity contribution in [1.82, 2.24) is 10.2 Å². The van der Waals surface area contributed by atoms with E-state index in [1.165, 1.54) is 7.05 Å². The van der Waals surface area contributed by atoms with E-state index in [0.29, 0.717) is 0 Å². The van der Waals surface area contributed by atoms with Crippen LogP contribution >= 0.6 is 0 Å². The number of carboxylic acid groups (broad SMARTS) is 1. The van der Waals surface area contributed by atoms with Crippen LogP contribution in [0.1, 0.15) is 6.42 Å². The van der Waals surface area contributed by atoms with Gasteiger partial charge in [0.2, 0.25) is 5.91 Å². The number of nitrogens with one attached hydrogen (secondary N) is 1. The molecule has 0 saturated carbocycles. The number of hydrogen-bond acceptors (Lipinski definition) is 8. The monoisotopic (exact) mass is 338 g/mol.